The van der Waals surface area contributed by atoms with Gasteiger partial charge in [-0.25, -0.2) is 4.98 Å². The Morgan fingerprint density at radius 2 is 2.21 bits per heavy atom. The summed E-state index contributed by atoms with van der Waals surface area (Å²) in [5.41, 5.74) is 3.21. The highest BCUT2D eigenvalue weighted by molar-refractivity contribution is 5.89. The number of pyridine rings is 1. The second kappa shape index (κ2) is 4.96. The fourth-order valence-corrected chi connectivity index (χ4v) is 2.38. The lowest BCUT2D eigenvalue weighted by Gasteiger charge is -2.24. The van der Waals surface area contributed by atoms with Gasteiger partial charge in [-0.15, -0.1) is 0 Å². The number of nitrogens with zero attached hydrogens (tertiary/aromatic N) is 2. The summed E-state index contributed by atoms with van der Waals surface area (Å²) < 4.78 is 5.68. The molecule has 0 spiro atoms. The Labute approximate surface area is 113 Å². The molecule has 0 aliphatic carbocycles. The molecule has 19 heavy (non-hydrogen) atoms. The molecule has 0 radical (unpaired) electrons. The molecular weight excluding hydrogens is 238 g/mol. The zero-order valence-electron chi connectivity index (χ0n) is 11.4. The monoisotopic (exact) mass is 257 g/mol. The van der Waals surface area contributed by atoms with E-state index in [0.29, 0.717) is 5.88 Å². The highest BCUT2D eigenvalue weighted by atomic mass is 16.5. The van der Waals surface area contributed by atoms with Crippen molar-refractivity contribution in [2.75, 3.05) is 18.0 Å². The lowest BCUT2D eigenvalue weighted by atomic mass is 10.2. The van der Waals surface area contributed by atoms with Crippen molar-refractivity contribution < 1.29 is 4.74 Å². The lowest BCUT2D eigenvalue weighted by molar-refractivity contribution is 0.233. The molecule has 4 nitrogen and oxygen atoms in total. The second-order valence-corrected chi connectivity index (χ2v) is 5.09. The summed E-state index contributed by atoms with van der Waals surface area (Å²) in [4.78, 5) is 10.3. The van der Waals surface area contributed by atoms with E-state index < -0.39 is 0 Å². The predicted molar refractivity (Wildman–Crippen MR) is 77.8 cm³/mol. The first kappa shape index (κ1) is 12.1. The Hall–Kier alpha value is -1.97. The number of aromatic nitrogens is 2. The van der Waals surface area contributed by atoms with Gasteiger partial charge in [0.15, 0.2) is 0 Å². The summed E-state index contributed by atoms with van der Waals surface area (Å²) >= 11 is 0. The number of H-pyrrole nitrogens is 1. The summed E-state index contributed by atoms with van der Waals surface area (Å²) in [5.74, 6) is 0.691. The van der Waals surface area contributed by atoms with Gasteiger partial charge in [0.05, 0.1) is 17.3 Å². The van der Waals surface area contributed by atoms with Crippen molar-refractivity contribution in [3.63, 3.8) is 0 Å². The number of anilines is 1. The van der Waals surface area contributed by atoms with Gasteiger partial charge in [0.1, 0.15) is 5.52 Å². The summed E-state index contributed by atoms with van der Waals surface area (Å²) in [7, 11) is 0. The molecule has 3 rings (SSSR count). The first-order valence-corrected chi connectivity index (χ1v) is 6.79. The van der Waals surface area contributed by atoms with E-state index in [1.165, 1.54) is 0 Å². The Kier molecular flexibility index (Phi) is 3.15. The number of rotatable bonds is 3. The maximum Gasteiger partial charge on any atom is 0.214 e. The third-order valence-electron chi connectivity index (χ3n) is 3.23. The zero-order valence-corrected chi connectivity index (χ0v) is 11.4. The Bertz CT molecular complexity index is 600. The Morgan fingerprint density at radius 1 is 1.32 bits per heavy atom. The Balaban J connectivity index is 1.97. The minimum atomic E-state index is 0.144. The number of hydrogen-bond acceptors (Lipinski definition) is 3. The largest absolute Gasteiger partial charge is 0.475 e. The molecule has 2 aromatic rings. The molecule has 1 aliphatic rings. The molecule has 100 valence electrons. The summed E-state index contributed by atoms with van der Waals surface area (Å²) in [6.07, 6.45) is 7.71. The molecule has 1 N–H and O–H groups in total. The van der Waals surface area contributed by atoms with Gasteiger partial charge >= 0.3 is 0 Å². The van der Waals surface area contributed by atoms with Gasteiger partial charge in [0.2, 0.25) is 5.88 Å². The van der Waals surface area contributed by atoms with Crippen LogP contribution in [-0.2, 0) is 0 Å². The smallest absolute Gasteiger partial charge is 0.214 e. The van der Waals surface area contributed by atoms with Crippen LogP contribution in [-0.4, -0.2) is 29.2 Å². The molecule has 0 bridgehead atoms. The lowest BCUT2D eigenvalue weighted by Crippen LogP contribution is -2.26. The van der Waals surface area contributed by atoms with E-state index in [4.69, 9.17) is 4.74 Å². The molecule has 0 saturated heterocycles. The highest BCUT2D eigenvalue weighted by Gasteiger charge is 2.14. The molecule has 0 atom stereocenters. The number of nitrogens with one attached hydrogen (secondary N) is 1. The van der Waals surface area contributed by atoms with E-state index in [-0.39, 0.29) is 6.10 Å². The van der Waals surface area contributed by atoms with Gasteiger partial charge in [-0.1, -0.05) is 12.2 Å². The molecule has 0 saturated carbocycles. The van der Waals surface area contributed by atoms with Gasteiger partial charge in [-0.2, -0.15) is 0 Å². The van der Waals surface area contributed by atoms with E-state index in [1.54, 1.807) is 0 Å². The quantitative estimate of drug-likeness (QED) is 0.859. The maximum atomic E-state index is 5.68. The average molecular weight is 257 g/mol. The molecule has 1 aliphatic heterocycles. The third kappa shape index (κ3) is 2.43. The van der Waals surface area contributed by atoms with Gasteiger partial charge in [0, 0.05) is 25.4 Å². The molecule has 0 aromatic carbocycles. The van der Waals surface area contributed by atoms with Crippen LogP contribution in [0.5, 0.6) is 5.88 Å². The van der Waals surface area contributed by atoms with Crippen LogP contribution in [0.3, 0.4) is 0 Å². The van der Waals surface area contributed by atoms with Crippen LogP contribution in [0.2, 0.25) is 0 Å². The SMILES string of the molecule is CC(C)Oc1ccc2[nH]cc(N3CC=CCC3)c2n1. The van der Waals surface area contributed by atoms with E-state index >= 15 is 0 Å². The molecule has 2 aromatic heterocycles. The van der Waals surface area contributed by atoms with Crippen molar-refractivity contribution in [1.82, 2.24) is 9.97 Å². The van der Waals surface area contributed by atoms with Crippen molar-refractivity contribution in [2.24, 2.45) is 0 Å². The molecule has 3 heterocycles. The van der Waals surface area contributed by atoms with Crippen molar-refractivity contribution in [1.29, 1.82) is 0 Å². The van der Waals surface area contributed by atoms with Crippen LogP contribution in [0.25, 0.3) is 11.0 Å². The van der Waals surface area contributed by atoms with Crippen LogP contribution in [0.4, 0.5) is 5.69 Å². The molecule has 0 fully saturated rings. The van der Waals surface area contributed by atoms with Crippen LogP contribution in [0, 0.1) is 0 Å². The van der Waals surface area contributed by atoms with Crippen LogP contribution in [0.15, 0.2) is 30.5 Å². The summed E-state index contributed by atoms with van der Waals surface area (Å²) in [5, 5.41) is 0. The predicted octanol–water partition coefficient (Wildman–Crippen LogP) is 3.12. The van der Waals surface area contributed by atoms with Crippen molar-refractivity contribution in [2.45, 2.75) is 26.4 Å². The van der Waals surface area contributed by atoms with Crippen LogP contribution < -0.4 is 9.64 Å². The van der Waals surface area contributed by atoms with E-state index in [2.05, 4.69) is 27.0 Å². The van der Waals surface area contributed by atoms with E-state index in [9.17, 15) is 0 Å². The normalized spacial score (nSPS) is 15.4. The Morgan fingerprint density at radius 3 is 2.95 bits per heavy atom. The first-order chi connectivity index (χ1) is 9.24. The van der Waals surface area contributed by atoms with Gasteiger partial charge in [0.25, 0.3) is 0 Å². The van der Waals surface area contributed by atoms with E-state index in [0.717, 1.165) is 36.2 Å². The van der Waals surface area contributed by atoms with Crippen LogP contribution >= 0.6 is 0 Å². The minimum Gasteiger partial charge on any atom is -0.475 e. The number of fused-ring (bicyclic) bond motifs is 1. The van der Waals surface area contributed by atoms with Crippen molar-refractivity contribution in [3.8, 4) is 5.88 Å². The van der Waals surface area contributed by atoms with Crippen LogP contribution in [0.1, 0.15) is 20.3 Å². The number of hydrogen-bond donors (Lipinski definition) is 1. The highest BCUT2D eigenvalue weighted by Crippen LogP contribution is 2.28. The maximum absolute atomic E-state index is 5.68. The second-order valence-electron chi connectivity index (χ2n) is 5.09. The molecular formula is C15H19N3O. The zero-order chi connectivity index (χ0) is 13.2. The van der Waals surface area contributed by atoms with Gasteiger partial charge in [-0.05, 0) is 26.3 Å². The average Bonchev–Trinajstić information content (AvgIpc) is 2.82. The molecule has 4 heteroatoms. The van der Waals surface area contributed by atoms with Gasteiger partial charge < -0.3 is 14.6 Å². The minimum absolute atomic E-state index is 0.144. The standard InChI is InChI=1S/C15H19N3O/c1-11(2)19-14-7-6-12-15(17-14)13(10-16-12)18-8-4-3-5-9-18/h3-4,6-7,10-11,16H,5,8-9H2,1-2H3. The fraction of sp³-hybridized carbons (Fsp3) is 0.400. The summed E-state index contributed by atoms with van der Waals surface area (Å²) in [6, 6.07) is 3.95. The molecule has 0 unspecified atom stereocenters. The third-order valence-corrected chi connectivity index (χ3v) is 3.23. The fourth-order valence-electron chi connectivity index (χ4n) is 2.38. The summed E-state index contributed by atoms with van der Waals surface area (Å²) in [6.45, 7) is 6.02. The number of aromatic amines is 1. The number of ether oxygens (including phenoxy) is 1. The van der Waals surface area contributed by atoms with Crippen molar-refractivity contribution in [3.05, 3.63) is 30.5 Å². The van der Waals surface area contributed by atoms with Gasteiger partial charge in [-0.3, -0.25) is 0 Å². The van der Waals surface area contributed by atoms with Crippen molar-refractivity contribution >= 4 is 16.7 Å². The molecule has 0 amide bonds. The topological polar surface area (TPSA) is 41.1 Å². The first-order valence-electron chi connectivity index (χ1n) is 6.79. The van der Waals surface area contributed by atoms with E-state index in [1.807, 2.05) is 32.2 Å².